The fourth-order valence-corrected chi connectivity index (χ4v) is 1.62. The topological polar surface area (TPSA) is 75.3 Å². The van der Waals surface area contributed by atoms with E-state index in [0.717, 1.165) is 24.5 Å². The summed E-state index contributed by atoms with van der Waals surface area (Å²) in [5.74, 6) is 0.755. The molecule has 0 aliphatic rings. The Hall–Kier alpha value is -1.82. The van der Waals surface area contributed by atoms with E-state index in [9.17, 15) is 4.79 Å². The van der Waals surface area contributed by atoms with Crippen LogP contribution in [0.25, 0.3) is 0 Å². The Balaban J connectivity index is 2.48. The van der Waals surface area contributed by atoms with Crippen LogP contribution in [0, 0.1) is 0 Å². The lowest BCUT2D eigenvalue weighted by Crippen LogP contribution is -2.39. The molecule has 1 aromatic rings. The SMILES string of the molecule is CCCNc1cc(NC(C)C(=O)NCCOC)ccn1. The number of hydrogen-bond donors (Lipinski definition) is 3. The fraction of sp³-hybridized carbons (Fsp3) is 0.571. The predicted octanol–water partition coefficient (Wildman–Crippen LogP) is 1.47. The maximum absolute atomic E-state index is 11.8. The van der Waals surface area contributed by atoms with E-state index in [0.29, 0.717) is 13.2 Å². The number of carbonyl (C=O) groups excluding carboxylic acids is 1. The Kier molecular flexibility index (Phi) is 7.42. The molecule has 1 rings (SSSR count). The molecule has 6 nitrogen and oxygen atoms in total. The maximum atomic E-state index is 11.8. The molecule has 0 saturated heterocycles. The molecule has 0 radical (unpaired) electrons. The molecule has 0 aliphatic heterocycles. The number of hydrogen-bond acceptors (Lipinski definition) is 5. The number of rotatable bonds is 9. The van der Waals surface area contributed by atoms with E-state index in [1.165, 1.54) is 0 Å². The van der Waals surface area contributed by atoms with Crippen molar-refractivity contribution in [2.24, 2.45) is 0 Å². The van der Waals surface area contributed by atoms with Crippen molar-refractivity contribution < 1.29 is 9.53 Å². The lowest BCUT2D eigenvalue weighted by atomic mass is 10.2. The second-order valence-electron chi connectivity index (χ2n) is 4.51. The molecule has 1 atom stereocenters. The van der Waals surface area contributed by atoms with Crippen LogP contribution in [0.5, 0.6) is 0 Å². The molecule has 20 heavy (non-hydrogen) atoms. The van der Waals surface area contributed by atoms with Crippen LogP contribution in [-0.2, 0) is 9.53 Å². The van der Waals surface area contributed by atoms with Crippen LogP contribution in [0.15, 0.2) is 18.3 Å². The van der Waals surface area contributed by atoms with Gasteiger partial charge in [-0.1, -0.05) is 6.92 Å². The summed E-state index contributed by atoms with van der Waals surface area (Å²) in [6.45, 7) is 5.83. The lowest BCUT2D eigenvalue weighted by molar-refractivity contribution is -0.121. The normalized spacial score (nSPS) is 11.8. The van der Waals surface area contributed by atoms with Crippen molar-refractivity contribution in [1.29, 1.82) is 0 Å². The zero-order valence-corrected chi connectivity index (χ0v) is 12.4. The summed E-state index contributed by atoms with van der Waals surface area (Å²) in [6, 6.07) is 3.43. The maximum Gasteiger partial charge on any atom is 0.242 e. The third-order valence-corrected chi connectivity index (χ3v) is 2.70. The fourth-order valence-electron chi connectivity index (χ4n) is 1.62. The van der Waals surface area contributed by atoms with Gasteiger partial charge >= 0.3 is 0 Å². The van der Waals surface area contributed by atoms with Crippen molar-refractivity contribution in [3.05, 3.63) is 18.3 Å². The van der Waals surface area contributed by atoms with E-state index in [-0.39, 0.29) is 11.9 Å². The summed E-state index contributed by atoms with van der Waals surface area (Å²) in [6.07, 6.45) is 2.76. The van der Waals surface area contributed by atoms with Crippen LogP contribution in [0.1, 0.15) is 20.3 Å². The summed E-state index contributed by atoms with van der Waals surface area (Å²) >= 11 is 0. The quantitative estimate of drug-likeness (QED) is 0.597. The molecule has 1 aromatic heterocycles. The standard InChI is InChI=1S/C14H24N4O2/c1-4-6-15-13-10-12(5-7-16-13)18-11(2)14(19)17-8-9-20-3/h5,7,10-11H,4,6,8-9H2,1-3H3,(H,17,19)(H2,15,16,18). The third-order valence-electron chi connectivity index (χ3n) is 2.70. The highest BCUT2D eigenvalue weighted by Crippen LogP contribution is 2.13. The molecular formula is C14H24N4O2. The Bertz CT molecular complexity index is 412. The van der Waals surface area contributed by atoms with Gasteiger partial charge in [0.15, 0.2) is 0 Å². The van der Waals surface area contributed by atoms with Crippen LogP contribution in [0.2, 0.25) is 0 Å². The van der Waals surface area contributed by atoms with E-state index in [4.69, 9.17) is 4.74 Å². The highest BCUT2D eigenvalue weighted by atomic mass is 16.5. The van der Waals surface area contributed by atoms with Gasteiger partial charge in [-0.15, -0.1) is 0 Å². The molecule has 0 spiro atoms. The van der Waals surface area contributed by atoms with E-state index >= 15 is 0 Å². The molecule has 6 heteroatoms. The van der Waals surface area contributed by atoms with Gasteiger partial charge in [0.1, 0.15) is 11.9 Å². The van der Waals surface area contributed by atoms with Crippen molar-refractivity contribution in [1.82, 2.24) is 10.3 Å². The van der Waals surface area contributed by atoms with Crippen LogP contribution >= 0.6 is 0 Å². The zero-order valence-electron chi connectivity index (χ0n) is 12.4. The second kappa shape index (κ2) is 9.14. The van der Waals surface area contributed by atoms with Gasteiger partial charge in [-0.05, 0) is 19.4 Å². The van der Waals surface area contributed by atoms with Gasteiger partial charge in [-0.25, -0.2) is 4.98 Å². The summed E-state index contributed by atoms with van der Waals surface area (Å²) in [5, 5.41) is 9.16. The minimum Gasteiger partial charge on any atom is -0.383 e. The molecule has 1 amide bonds. The van der Waals surface area contributed by atoms with E-state index < -0.39 is 0 Å². The minimum absolute atomic E-state index is 0.0538. The predicted molar refractivity (Wildman–Crippen MR) is 81.0 cm³/mol. The van der Waals surface area contributed by atoms with Gasteiger partial charge < -0.3 is 20.7 Å². The van der Waals surface area contributed by atoms with E-state index in [1.807, 2.05) is 19.1 Å². The molecule has 0 bridgehead atoms. The summed E-state index contributed by atoms with van der Waals surface area (Å²) in [4.78, 5) is 16.0. The van der Waals surface area contributed by atoms with Gasteiger partial charge in [-0.2, -0.15) is 0 Å². The van der Waals surface area contributed by atoms with Crippen LogP contribution < -0.4 is 16.0 Å². The van der Waals surface area contributed by atoms with Gasteiger partial charge in [-0.3, -0.25) is 4.79 Å². The monoisotopic (exact) mass is 280 g/mol. The number of amides is 1. The number of nitrogens with one attached hydrogen (secondary N) is 3. The molecular weight excluding hydrogens is 256 g/mol. The molecule has 0 aromatic carbocycles. The molecule has 0 saturated carbocycles. The summed E-state index contributed by atoms with van der Waals surface area (Å²) in [7, 11) is 1.61. The average molecular weight is 280 g/mol. The lowest BCUT2D eigenvalue weighted by Gasteiger charge is -2.15. The Morgan fingerprint density at radius 3 is 2.95 bits per heavy atom. The number of methoxy groups -OCH3 is 1. The number of anilines is 2. The van der Waals surface area contributed by atoms with Crippen LogP contribution in [0.4, 0.5) is 11.5 Å². The molecule has 1 unspecified atom stereocenters. The number of nitrogens with zero attached hydrogens (tertiary/aromatic N) is 1. The van der Waals surface area contributed by atoms with Crippen LogP contribution in [-0.4, -0.2) is 43.7 Å². The molecule has 1 heterocycles. The first-order chi connectivity index (χ1) is 9.67. The molecule has 0 aliphatic carbocycles. The highest BCUT2D eigenvalue weighted by molar-refractivity contribution is 5.84. The van der Waals surface area contributed by atoms with Gasteiger partial charge in [0.25, 0.3) is 0 Å². The molecule has 112 valence electrons. The molecule has 0 fully saturated rings. The number of pyridine rings is 1. The average Bonchev–Trinajstić information content (AvgIpc) is 2.45. The van der Waals surface area contributed by atoms with Crippen LogP contribution in [0.3, 0.4) is 0 Å². The summed E-state index contributed by atoms with van der Waals surface area (Å²) < 4.78 is 4.89. The number of ether oxygens (including phenoxy) is 1. The number of carbonyl (C=O) groups is 1. The highest BCUT2D eigenvalue weighted by Gasteiger charge is 2.11. The van der Waals surface area contributed by atoms with Crippen molar-refractivity contribution in [2.45, 2.75) is 26.3 Å². The Labute approximate surface area is 120 Å². The van der Waals surface area contributed by atoms with Gasteiger partial charge in [0.2, 0.25) is 5.91 Å². The van der Waals surface area contributed by atoms with Crippen molar-refractivity contribution in [2.75, 3.05) is 37.4 Å². The largest absolute Gasteiger partial charge is 0.383 e. The Morgan fingerprint density at radius 2 is 2.25 bits per heavy atom. The van der Waals surface area contributed by atoms with Gasteiger partial charge in [0.05, 0.1) is 6.61 Å². The zero-order chi connectivity index (χ0) is 14.8. The minimum atomic E-state index is -0.312. The van der Waals surface area contributed by atoms with Gasteiger partial charge in [0, 0.05) is 38.1 Å². The second-order valence-corrected chi connectivity index (χ2v) is 4.51. The van der Waals surface area contributed by atoms with Crippen molar-refractivity contribution in [3.63, 3.8) is 0 Å². The smallest absolute Gasteiger partial charge is 0.242 e. The van der Waals surface area contributed by atoms with E-state index in [2.05, 4.69) is 27.9 Å². The van der Waals surface area contributed by atoms with E-state index in [1.54, 1.807) is 13.3 Å². The third kappa shape index (κ3) is 5.88. The Morgan fingerprint density at radius 1 is 1.45 bits per heavy atom. The van der Waals surface area contributed by atoms with Crippen molar-refractivity contribution in [3.8, 4) is 0 Å². The first-order valence-electron chi connectivity index (χ1n) is 6.90. The number of aromatic nitrogens is 1. The first kappa shape index (κ1) is 16.2. The molecule has 3 N–H and O–H groups in total. The van der Waals surface area contributed by atoms with Crippen molar-refractivity contribution >= 4 is 17.4 Å². The summed E-state index contributed by atoms with van der Waals surface area (Å²) in [5.41, 5.74) is 0.869. The first-order valence-corrected chi connectivity index (χ1v) is 6.90.